The topological polar surface area (TPSA) is 28.8 Å². The van der Waals surface area contributed by atoms with Crippen molar-refractivity contribution in [1.29, 1.82) is 0 Å². The molecule has 0 aliphatic carbocycles. The lowest BCUT2D eigenvalue weighted by Crippen LogP contribution is -2.13. The Morgan fingerprint density at radius 3 is 2.64 bits per heavy atom. The second-order valence-corrected chi connectivity index (χ2v) is 2.63. The molecule has 0 saturated carbocycles. The van der Waals surface area contributed by atoms with Crippen molar-refractivity contribution in [3.63, 3.8) is 0 Å². The normalized spacial score (nSPS) is 10.1. The Balaban J connectivity index is 2.86. The Labute approximate surface area is 66.4 Å². The average Bonchev–Trinajstić information content (AvgIpc) is 2.05. The lowest BCUT2D eigenvalue weighted by Gasteiger charge is -2.03. The number of hydrogen-bond acceptors (Lipinski definition) is 2. The van der Waals surface area contributed by atoms with E-state index in [0.29, 0.717) is 6.04 Å². The van der Waals surface area contributed by atoms with Gasteiger partial charge < -0.3 is 0 Å². The Morgan fingerprint density at radius 1 is 1.45 bits per heavy atom. The molecule has 3 heteroatoms. The number of nitrogens with zero attached hydrogens (tertiary/aromatic N) is 3. The highest BCUT2D eigenvalue weighted by Crippen LogP contribution is 2.05. The van der Waals surface area contributed by atoms with Crippen molar-refractivity contribution in [2.75, 3.05) is 0 Å². The van der Waals surface area contributed by atoms with Crippen LogP contribution in [0, 0.1) is 0 Å². The van der Waals surface area contributed by atoms with Crippen LogP contribution in [0.5, 0.6) is 0 Å². The molecule has 0 atom stereocenters. The molecule has 0 N–H and O–H groups in total. The predicted octanol–water partition coefficient (Wildman–Crippen LogP) is 1.23. The first-order chi connectivity index (χ1) is 5.22. The van der Waals surface area contributed by atoms with E-state index in [0.717, 1.165) is 5.82 Å². The van der Waals surface area contributed by atoms with Crippen molar-refractivity contribution in [1.82, 2.24) is 9.97 Å². The zero-order chi connectivity index (χ0) is 8.27. The van der Waals surface area contributed by atoms with Gasteiger partial charge in [0.05, 0.1) is 19.0 Å². The largest absolute Gasteiger partial charge is 0.341 e. The van der Waals surface area contributed by atoms with E-state index in [-0.39, 0.29) is 0 Å². The Morgan fingerprint density at radius 2 is 2.18 bits per heavy atom. The van der Waals surface area contributed by atoms with Crippen molar-refractivity contribution in [3.05, 3.63) is 18.6 Å². The fourth-order valence-corrected chi connectivity index (χ4v) is 0.704. The highest BCUT2D eigenvalue weighted by atomic mass is 15.1. The molecule has 1 heterocycles. The molecule has 3 nitrogen and oxygen atoms in total. The molecule has 0 saturated heterocycles. The highest BCUT2D eigenvalue weighted by Gasteiger charge is 2.09. The van der Waals surface area contributed by atoms with Gasteiger partial charge >= 0.3 is 5.82 Å². The van der Waals surface area contributed by atoms with Crippen molar-refractivity contribution in [2.24, 2.45) is 0 Å². The summed E-state index contributed by atoms with van der Waals surface area (Å²) in [6, 6.07) is 0.353. The van der Waals surface area contributed by atoms with E-state index in [9.17, 15) is 0 Å². The summed E-state index contributed by atoms with van der Waals surface area (Å²) in [4.78, 5) is 8.04. The van der Waals surface area contributed by atoms with Crippen molar-refractivity contribution >= 4 is 12.5 Å². The van der Waals surface area contributed by atoms with E-state index in [2.05, 4.69) is 30.5 Å². The Kier molecular flexibility index (Phi) is 2.31. The molecule has 0 amide bonds. The van der Waals surface area contributed by atoms with Crippen LogP contribution in [0.4, 0.5) is 5.82 Å². The maximum Gasteiger partial charge on any atom is 0.341 e. The third-order valence-corrected chi connectivity index (χ3v) is 1.47. The van der Waals surface area contributed by atoms with Crippen LogP contribution < -0.4 is 0 Å². The van der Waals surface area contributed by atoms with Crippen LogP contribution in [0.1, 0.15) is 13.8 Å². The molecule has 0 aromatic carbocycles. The maximum absolute atomic E-state index is 4.10. The monoisotopic (exact) mass is 150 g/mol. The average molecular weight is 150 g/mol. The summed E-state index contributed by atoms with van der Waals surface area (Å²) < 4.78 is 1.83. The summed E-state index contributed by atoms with van der Waals surface area (Å²) in [6.45, 7) is 7.95. The molecule has 0 fully saturated rings. The van der Waals surface area contributed by atoms with Gasteiger partial charge in [0.25, 0.3) is 0 Å². The summed E-state index contributed by atoms with van der Waals surface area (Å²) in [6.07, 6.45) is 5.01. The van der Waals surface area contributed by atoms with Crippen LogP contribution in [-0.4, -0.2) is 27.3 Å². The minimum absolute atomic E-state index is 0.353. The van der Waals surface area contributed by atoms with Gasteiger partial charge in [0.1, 0.15) is 6.20 Å². The third kappa shape index (κ3) is 1.83. The van der Waals surface area contributed by atoms with Gasteiger partial charge in [0.2, 0.25) is 0 Å². The van der Waals surface area contributed by atoms with Gasteiger partial charge in [0.15, 0.2) is 6.20 Å². The van der Waals surface area contributed by atoms with Crippen LogP contribution in [0.15, 0.2) is 18.6 Å². The van der Waals surface area contributed by atoms with Gasteiger partial charge in [-0.15, -0.1) is 0 Å². The first-order valence-corrected chi connectivity index (χ1v) is 3.57. The van der Waals surface area contributed by atoms with Gasteiger partial charge in [-0.25, -0.2) is 4.58 Å². The van der Waals surface area contributed by atoms with Crippen molar-refractivity contribution < 1.29 is 4.58 Å². The number of rotatable bonds is 2. The SMILES string of the molecule is C=[N+](c1cnccn1)C(C)C. The molecule has 0 aliphatic rings. The third-order valence-electron chi connectivity index (χ3n) is 1.47. The Hall–Kier alpha value is -1.25. The number of aromatic nitrogens is 2. The highest BCUT2D eigenvalue weighted by molar-refractivity contribution is 5.23. The van der Waals surface area contributed by atoms with Crippen LogP contribution in [-0.2, 0) is 0 Å². The molecular formula is C8H12N3+. The summed E-state index contributed by atoms with van der Waals surface area (Å²) >= 11 is 0. The second-order valence-electron chi connectivity index (χ2n) is 2.63. The molecule has 0 radical (unpaired) electrons. The molecule has 0 aliphatic heterocycles. The first-order valence-electron chi connectivity index (χ1n) is 3.57. The molecule has 1 rings (SSSR count). The van der Waals surface area contributed by atoms with Gasteiger partial charge in [-0.05, 0) is 18.8 Å². The zero-order valence-corrected chi connectivity index (χ0v) is 6.86. The minimum atomic E-state index is 0.353. The quantitative estimate of drug-likeness (QED) is 0.468. The van der Waals surface area contributed by atoms with Crippen molar-refractivity contribution in [2.45, 2.75) is 19.9 Å². The van der Waals surface area contributed by atoms with E-state index in [1.807, 2.05) is 4.58 Å². The van der Waals surface area contributed by atoms with Crippen LogP contribution in [0.2, 0.25) is 0 Å². The van der Waals surface area contributed by atoms with E-state index < -0.39 is 0 Å². The minimum Gasteiger partial charge on any atom is -0.252 e. The Bertz CT molecular complexity index is 241. The first kappa shape index (κ1) is 7.85. The lowest BCUT2D eigenvalue weighted by atomic mass is 10.4. The number of hydrogen-bond donors (Lipinski definition) is 0. The van der Waals surface area contributed by atoms with Crippen LogP contribution in [0.25, 0.3) is 0 Å². The summed E-state index contributed by atoms with van der Waals surface area (Å²) in [7, 11) is 0. The smallest absolute Gasteiger partial charge is 0.252 e. The maximum atomic E-state index is 4.10. The zero-order valence-electron chi connectivity index (χ0n) is 6.86. The van der Waals surface area contributed by atoms with Crippen LogP contribution in [0.3, 0.4) is 0 Å². The molecule has 0 spiro atoms. The van der Waals surface area contributed by atoms with E-state index in [1.54, 1.807) is 18.6 Å². The van der Waals surface area contributed by atoms with E-state index in [4.69, 9.17) is 0 Å². The second kappa shape index (κ2) is 3.23. The van der Waals surface area contributed by atoms with Crippen molar-refractivity contribution in [3.8, 4) is 0 Å². The summed E-state index contributed by atoms with van der Waals surface area (Å²) in [5, 5.41) is 0. The fraction of sp³-hybridized carbons (Fsp3) is 0.375. The fourth-order valence-electron chi connectivity index (χ4n) is 0.704. The molecule has 11 heavy (non-hydrogen) atoms. The molecule has 58 valence electrons. The van der Waals surface area contributed by atoms with Gasteiger partial charge in [0, 0.05) is 0 Å². The van der Waals surface area contributed by atoms with Gasteiger partial charge in [-0.2, -0.15) is 0 Å². The van der Waals surface area contributed by atoms with E-state index >= 15 is 0 Å². The molecule has 0 bridgehead atoms. The molecule has 1 aromatic rings. The molecular weight excluding hydrogens is 138 g/mol. The van der Waals surface area contributed by atoms with E-state index in [1.165, 1.54) is 0 Å². The summed E-state index contributed by atoms with van der Waals surface area (Å²) in [5.41, 5.74) is 0. The summed E-state index contributed by atoms with van der Waals surface area (Å²) in [5.74, 6) is 0.808. The standard InChI is InChI=1S/C8H12N3/c1-7(2)11(3)8-6-9-4-5-10-8/h4-7H,3H2,1-2H3/q+1. The molecule has 1 aromatic heterocycles. The predicted molar refractivity (Wildman–Crippen MR) is 44.2 cm³/mol. The lowest BCUT2D eigenvalue weighted by molar-refractivity contribution is -0.471. The molecule has 0 unspecified atom stereocenters. The van der Waals surface area contributed by atoms with Gasteiger partial charge in [-0.1, -0.05) is 0 Å². The van der Waals surface area contributed by atoms with Gasteiger partial charge in [-0.3, -0.25) is 4.98 Å². The van der Waals surface area contributed by atoms with Crippen LogP contribution >= 0.6 is 0 Å².